The Morgan fingerprint density at radius 2 is 1.96 bits per heavy atom. The quantitative estimate of drug-likeness (QED) is 0.813. The first-order valence-corrected chi connectivity index (χ1v) is 8.58. The monoisotopic (exact) mass is 331 g/mol. The summed E-state index contributed by atoms with van der Waals surface area (Å²) in [5.41, 5.74) is 6.99. The summed E-state index contributed by atoms with van der Waals surface area (Å²) in [6.45, 7) is 1.94. The van der Waals surface area contributed by atoms with Crippen LogP contribution in [-0.2, 0) is 16.0 Å². The van der Waals surface area contributed by atoms with Crippen LogP contribution in [0.1, 0.15) is 18.4 Å². The standard InChI is InChI=1S/C18H25N3O3/c19-15-10-14(11-16(15)22)18(24)21-9-8-20(17(23)12-21)7-6-13-4-2-1-3-5-13/h1-5,14-16,22H,6-12,19H2/t14-,15+,16+/m0/s1. The lowest BCUT2D eigenvalue weighted by Crippen LogP contribution is -2.53. The van der Waals surface area contributed by atoms with E-state index in [0.717, 1.165) is 6.42 Å². The highest BCUT2D eigenvalue weighted by atomic mass is 16.3. The molecule has 6 heteroatoms. The van der Waals surface area contributed by atoms with Gasteiger partial charge in [-0.05, 0) is 24.8 Å². The minimum Gasteiger partial charge on any atom is -0.391 e. The number of nitrogens with zero attached hydrogens (tertiary/aromatic N) is 2. The van der Waals surface area contributed by atoms with Crippen molar-refractivity contribution in [2.45, 2.75) is 31.4 Å². The van der Waals surface area contributed by atoms with Gasteiger partial charge < -0.3 is 20.6 Å². The summed E-state index contributed by atoms with van der Waals surface area (Å²) in [4.78, 5) is 28.3. The summed E-state index contributed by atoms with van der Waals surface area (Å²) in [7, 11) is 0. The fourth-order valence-electron chi connectivity index (χ4n) is 3.55. The second kappa shape index (κ2) is 7.32. The lowest BCUT2D eigenvalue weighted by atomic mass is 10.1. The molecule has 1 aliphatic heterocycles. The van der Waals surface area contributed by atoms with Gasteiger partial charge in [0.2, 0.25) is 11.8 Å². The molecule has 3 atom stereocenters. The molecule has 24 heavy (non-hydrogen) atoms. The van der Waals surface area contributed by atoms with Crippen molar-refractivity contribution in [3.8, 4) is 0 Å². The number of benzene rings is 1. The molecule has 2 amide bonds. The van der Waals surface area contributed by atoms with Crippen LogP contribution >= 0.6 is 0 Å². The zero-order valence-corrected chi connectivity index (χ0v) is 13.8. The Kier molecular flexibility index (Phi) is 5.16. The molecule has 1 heterocycles. The maximum Gasteiger partial charge on any atom is 0.242 e. The van der Waals surface area contributed by atoms with Crippen LogP contribution < -0.4 is 5.73 Å². The van der Waals surface area contributed by atoms with Crippen molar-refractivity contribution in [1.29, 1.82) is 0 Å². The molecule has 1 aromatic rings. The molecular formula is C18H25N3O3. The van der Waals surface area contributed by atoms with Gasteiger partial charge >= 0.3 is 0 Å². The van der Waals surface area contributed by atoms with E-state index in [0.29, 0.717) is 32.5 Å². The van der Waals surface area contributed by atoms with Gasteiger partial charge in [0.05, 0.1) is 12.6 Å². The number of aliphatic hydroxyl groups is 1. The summed E-state index contributed by atoms with van der Waals surface area (Å²) in [5.74, 6) is -0.301. The SMILES string of the molecule is N[C@@H]1C[C@H](C(=O)N2CCN(CCc3ccccc3)C(=O)C2)C[C@H]1O. The highest BCUT2D eigenvalue weighted by Crippen LogP contribution is 2.27. The van der Waals surface area contributed by atoms with Gasteiger partial charge in [0.15, 0.2) is 0 Å². The molecule has 2 fully saturated rings. The molecule has 3 N–H and O–H groups in total. The molecule has 0 bridgehead atoms. The van der Waals surface area contributed by atoms with Crippen molar-refractivity contribution in [1.82, 2.24) is 9.80 Å². The molecule has 1 aliphatic carbocycles. The molecule has 1 saturated carbocycles. The lowest BCUT2D eigenvalue weighted by molar-refractivity contribution is -0.147. The van der Waals surface area contributed by atoms with Crippen LogP contribution in [0.3, 0.4) is 0 Å². The van der Waals surface area contributed by atoms with E-state index in [-0.39, 0.29) is 30.3 Å². The van der Waals surface area contributed by atoms with Crippen LogP contribution in [-0.4, -0.2) is 65.0 Å². The number of carbonyl (C=O) groups excluding carboxylic acids is 2. The second-order valence-electron chi connectivity index (χ2n) is 6.78. The van der Waals surface area contributed by atoms with E-state index in [1.165, 1.54) is 5.56 Å². The Morgan fingerprint density at radius 3 is 2.58 bits per heavy atom. The Morgan fingerprint density at radius 1 is 1.21 bits per heavy atom. The van der Waals surface area contributed by atoms with Crippen LogP contribution in [0.25, 0.3) is 0 Å². The van der Waals surface area contributed by atoms with Gasteiger partial charge in [-0.2, -0.15) is 0 Å². The smallest absolute Gasteiger partial charge is 0.242 e. The first-order chi connectivity index (χ1) is 11.5. The number of piperazine rings is 1. The van der Waals surface area contributed by atoms with Crippen LogP contribution in [0.15, 0.2) is 30.3 Å². The maximum atomic E-state index is 12.5. The van der Waals surface area contributed by atoms with E-state index in [1.54, 1.807) is 4.90 Å². The molecular weight excluding hydrogens is 306 g/mol. The molecule has 1 saturated heterocycles. The van der Waals surface area contributed by atoms with E-state index in [9.17, 15) is 14.7 Å². The lowest BCUT2D eigenvalue weighted by Gasteiger charge is -2.35. The topological polar surface area (TPSA) is 86.9 Å². The van der Waals surface area contributed by atoms with E-state index >= 15 is 0 Å². The molecule has 6 nitrogen and oxygen atoms in total. The van der Waals surface area contributed by atoms with Crippen LogP contribution in [0, 0.1) is 5.92 Å². The second-order valence-corrected chi connectivity index (χ2v) is 6.78. The molecule has 2 aliphatic rings. The number of aliphatic hydroxyl groups excluding tert-OH is 1. The Balaban J connectivity index is 1.50. The molecule has 0 unspecified atom stereocenters. The largest absolute Gasteiger partial charge is 0.391 e. The summed E-state index contributed by atoms with van der Waals surface area (Å²) in [5, 5.41) is 9.72. The fraction of sp³-hybridized carbons (Fsp3) is 0.556. The molecule has 1 aromatic carbocycles. The minimum absolute atomic E-state index is 0.00613. The minimum atomic E-state index is -0.609. The third kappa shape index (κ3) is 3.76. The number of hydrogen-bond donors (Lipinski definition) is 2. The molecule has 0 spiro atoms. The van der Waals surface area contributed by atoms with E-state index in [2.05, 4.69) is 12.1 Å². The third-order valence-electron chi connectivity index (χ3n) is 5.07. The van der Waals surface area contributed by atoms with Gasteiger partial charge in [-0.3, -0.25) is 9.59 Å². The summed E-state index contributed by atoms with van der Waals surface area (Å²) in [6.07, 6.45) is 1.12. The first kappa shape index (κ1) is 16.9. The zero-order valence-electron chi connectivity index (χ0n) is 13.8. The van der Waals surface area contributed by atoms with Gasteiger partial charge in [-0.1, -0.05) is 30.3 Å². The normalized spacial score (nSPS) is 27.6. The molecule has 0 aromatic heterocycles. The van der Waals surface area contributed by atoms with Crippen molar-refractivity contribution in [3.63, 3.8) is 0 Å². The predicted octanol–water partition coefficient (Wildman–Crippen LogP) is -0.00190. The molecule has 0 radical (unpaired) electrons. The van der Waals surface area contributed by atoms with Gasteiger partial charge in [-0.25, -0.2) is 0 Å². The zero-order chi connectivity index (χ0) is 17.1. The average Bonchev–Trinajstić information content (AvgIpc) is 2.93. The van der Waals surface area contributed by atoms with Crippen LogP contribution in [0.2, 0.25) is 0 Å². The fourth-order valence-corrected chi connectivity index (χ4v) is 3.55. The van der Waals surface area contributed by atoms with Crippen molar-refractivity contribution < 1.29 is 14.7 Å². The van der Waals surface area contributed by atoms with Crippen molar-refractivity contribution in [2.75, 3.05) is 26.2 Å². The molecule has 3 rings (SSSR count). The van der Waals surface area contributed by atoms with Crippen molar-refractivity contribution >= 4 is 11.8 Å². The van der Waals surface area contributed by atoms with E-state index < -0.39 is 6.10 Å². The average molecular weight is 331 g/mol. The van der Waals surface area contributed by atoms with Crippen LogP contribution in [0.4, 0.5) is 0 Å². The highest BCUT2D eigenvalue weighted by molar-refractivity contribution is 5.87. The van der Waals surface area contributed by atoms with E-state index in [1.807, 2.05) is 23.1 Å². The molecule has 130 valence electrons. The Hall–Kier alpha value is -1.92. The highest BCUT2D eigenvalue weighted by Gasteiger charge is 2.38. The van der Waals surface area contributed by atoms with Gasteiger partial charge in [0.1, 0.15) is 0 Å². The summed E-state index contributed by atoms with van der Waals surface area (Å²) < 4.78 is 0. The number of amides is 2. The van der Waals surface area contributed by atoms with Crippen molar-refractivity contribution in [2.24, 2.45) is 11.7 Å². The number of carbonyl (C=O) groups is 2. The summed E-state index contributed by atoms with van der Waals surface area (Å²) in [6, 6.07) is 9.74. The van der Waals surface area contributed by atoms with Gasteiger partial charge in [0.25, 0.3) is 0 Å². The third-order valence-corrected chi connectivity index (χ3v) is 5.07. The number of hydrogen-bond acceptors (Lipinski definition) is 4. The van der Waals surface area contributed by atoms with Gasteiger partial charge in [-0.15, -0.1) is 0 Å². The number of nitrogens with two attached hydrogens (primary N) is 1. The maximum absolute atomic E-state index is 12.5. The van der Waals surface area contributed by atoms with Crippen LogP contribution in [0.5, 0.6) is 0 Å². The first-order valence-electron chi connectivity index (χ1n) is 8.58. The predicted molar refractivity (Wildman–Crippen MR) is 90.0 cm³/mol. The van der Waals surface area contributed by atoms with Crippen molar-refractivity contribution in [3.05, 3.63) is 35.9 Å². The van der Waals surface area contributed by atoms with E-state index in [4.69, 9.17) is 5.73 Å². The number of rotatable bonds is 4. The van der Waals surface area contributed by atoms with Gasteiger partial charge in [0, 0.05) is 31.6 Å². The summed E-state index contributed by atoms with van der Waals surface area (Å²) >= 11 is 0. The Labute approximate surface area is 142 Å². The Bertz CT molecular complexity index is 582.